The molecule has 3 aromatic rings. The van der Waals surface area contributed by atoms with E-state index in [0.717, 1.165) is 31.4 Å². The maximum Gasteiger partial charge on any atom is 0.272 e. The van der Waals surface area contributed by atoms with Gasteiger partial charge in [-0.15, -0.1) is 0 Å². The number of fused-ring (bicyclic) bond motifs is 2. The molecule has 2 fully saturated rings. The molecule has 2 aliphatic heterocycles. The number of aromatic nitrogens is 2. The maximum absolute atomic E-state index is 13.4. The number of rotatable bonds is 3. The Bertz CT molecular complexity index is 969. The fourth-order valence-corrected chi connectivity index (χ4v) is 4.90. The molecule has 3 heterocycles. The van der Waals surface area contributed by atoms with E-state index in [1.807, 2.05) is 6.07 Å². The first-order valence-electron chi connectivity index (χ1n) is 9.86. The van der Waals surface area contributed by atoms with E-state index < -0.39 is 0 Å². The molecule has 2 aromatic carbocycles. The van der Waals surface area contributed by atoms with Gasteiger partial charge in [-0.1, -0.05) is 30.3 Å². The van der Waals surface area contributed by atoms with Gasteiger partial charge in [0.25, 0.3) is 5.91 Å². The Morgan fingerprint density at radius 3 is 2.32 bits per heavy atom. The van der Waals surface area contributed by atoms with Crippen molar-refractivity contribution in [2.75, 3.05) is 0 Å². The lowest BCUT2D eigenvalue weighted by Gasteiger charge is -2.39. The molecule has 0 N–H and O–H groups in total. The van der Waals surface area contributed by atoms with E-state index in [1.165, 1.54) is 17.7 Å². The summed E-state index contributed by atoms with van der Waals surface area (Å²) in [6.45, 7) is 0. The number of piperidine rings is 1. The largest absolute Gasteiger partial charge is 0.331 e. The number of carbonyl (C=O) groups is 1. The third kappa shape index (κ3) is 2.91. The van der Waals surface area contributed by atoms with Crippen molar-refractivity contribution < 1.29 is 9.18 Å². The molecular weight excluding hydrogens is 353 g/mol. The quantitative estimate of drug-likeness (QED) is 0.673. The van der Waals surface area contributed by atoms with E-state index in [-0.39, 0.29) is 23.8 Å². The predicted octanol–water partition coefficient (Wildman–Crippen LogP) is 4.56. The van der Waals surface area contributed by atoms with Crippen molar-refractivity contribution in [2.24, 2.45) is 0 Å². The van der Waals surface area contributed by atoms with Crippen LogP contribution in [0.25, 0.3) is 5.69 Å². The third-order valence-corrected chi connectivity index (χ3v) is 6.20. The number of nitrogens with zero attached hydrogens (tertiary/aromatic N) is 3. The highest BCUT2D eigenvalue weighted by molar-refractivity contribution is 5.93. The zero-order valence-corrected chi connectivity index (χ0v) is 15.5. The summed E-state index contributed by atoms with van der Waals surface area (Å²) >= 11 is 0. The second kappa shape index (κ2) is 6.89. The Kier molecular flexibility index (Phi) is 4.23. The fourth-order valence-electron chi connectivity index (χ4n) is 4.90. The van der Waals surface area contributed by atoms with Crippen molar-refractivity contribution in [1.82, 2.24) is 14.5 Å². The first-order valence-corrected chi connectivity index (χ1v) is 9.86. The Morgan fingerprint density at radius 1 is 0.964 bits per heavy atom. The number of benzene rings is 2. The first kappa shape index (κ1) is 17.2. The Hall–Kier alpha value is -2.95. The molecular formula is C23H22FN3O. The first-order chi connectivity index (χ1) is 13.7. The Morgan fingerprint density at radius 2 is 1.64 bits per heavy atom. The number of halogens is 1. The molecule has 28 heavy (non-hydrogen) atoms. The van der Waals surface area contributed by atoms with Crippen LogP contribution >= 0.6 is 0 Å². The summed E-state index contributed by atoms with van der Waals surface area (Å²) in [5.74, 6) is 0.253. The van der Waals surface area contributed by atoms with Crippen molar-refractivity contribution in [3.63, 3.8) is 0 Å². The van der Waals surface area contributed by atoms with E-state index in [4.69, 9.17) is 0 Å². The molecule has 2 bridgehead atoms. The van der Waals surface area contributed by atoms with Crippen LogP contribution in [0.5, 0.6) is 0 Å². The van der Waals surface area contributed by atoms with Gasteiger partial charge in [-0.05, 0) is 61.4 Å². The topological polar surface area (TPSA) is 38.1 Å². The SMILES string of the molecule is O=C(c1cncn1-c1ccc(F)cc1)N1[C@@H]2CC[C@H]1CC(c1ccccc1)C2. The Balaban J connectivity index is 1.40. The molecule has 5 rings (SSSR count). The van der Waals surface area contributed by atoms with Gasteiger partial charge in [-0.25, -0.2) is 9.37 Å². The van der Waals surface area contributed by atoms with E-state index in [0.29, 0.717) is 11.6 Å². The van der Waals surface area contributed by atoms with E-state index in [1.54, 1.807) is 29.2 Å². The summed E-state index contributed by atoms with van der Waals surface area (Å²) in [5, 5.41) is 0. The van der Waals surface area contributed by atoms with Crippen LogP contribution in [-0.4, -0.2) is 32.4 Å². The van der Waals surface area contributed by atoms with E-state index in [9.17, 15) is 9.18 Å². The number of hydrogen-bond acceptors (Lipinski definition) is 2. The minimum Gasteiger partial charge on any atom is -0.331 e. The van der Waals surface area contributed by atoms with Crippen LogP contribution < -0.4 is 0 Å². The van der Waals surface area contributed by atoms with Gasteiger partial charge in [0, 0.05) is 17.8 Å². The van der Waals surface area contributed by atoms with E-state index >= 15 is 0 Å². The number of carbonyl (C=O) groups excluding carboxylic acids is 1. The lowest BCUT2D eigenvalue weighted by molar-refractivity contribution is 0.0563. The van der Waals surface area contributed by atoms with Gasteiger partial charge < -0.3 is 4.90 Å². The maximum atomic E-state index is 13.4. The molecule has 1 unspecified atom stereocenters. The standard InChI is InChI=1S/C23H22FN3O/c24-18-6-8-19(9-7-18)26-15-25-14-22(26)23(28)27-20-10-11-21(27)13-17(12-20)16-4-2-1-3-5-16/h1-9,14-15,17,20-21H,10-13H2/t17?,20-,21+. The number of amides is 1. The summed E-state index contributed by atoms with van der Waals surface area (Å²) in [6, 6.07) is 17.3. The molecule has 4 nitrogen and oxygen atoms in total. The highest BCUT2D eigenvalue weighted by Gasteiger charge is 2.44. The van der Waals surface area contributed by atoms with Crippen molar-refractivity contribution in [2.45, 2.75) is 43.7 Å². The molecule has 0 saturated carbocycles. The smallest absolute Gasteiger partial charge is 0.272 e. The minimum absolute atomic E-state index is 0.0286. The molecule has 0 radical (unpaired) electrons. The highest BCUT2D eigenvalue weighted by Crippen LogP contribution is 2.43. The van der Waals surface area contributed by atoms with Crippen LogP contribution in [0.15, 0.2) is 67.1 Å². The zero-order valence-electron chi connectivity index (χ0n) is 15.5. The predicted molar refractivity (Wildman–Crippen MR) is 105 cm³/mol. The lowest BCUT2D eigenvalue weighted by atomic mass is 9.85. The van der Waals surface area contributed by atoms with Gasteiger partial charge in [0.05, 0.1) is 12.5 Å². The van der Waals surface area contributed by atoms with Crippen molar-refractivity contribution >= 4 is 5.91 Å². The molecule has 2 saturated heterocycles. The molecule has 1 aromatic heterocycles. The second-order valence-corrected chi connectivity index (χ2v) is 7.80. The summed E-state index contributed by atoms with van der Waals surface area (Å²) in [6.07, 6.45) is 7.39. The average molecular weight is 375 g/mol. The zero-order chi connectivity index (χ0) is 19.1. The van der Waals surface area contributed by atoms with Crippen molar-refractivity contribution in [3.8, 4) is 5.69 Å². The van der Waals surface area contributed by atoms with Crippen LogP contribution in [0.4, 0.5) is 4.39 Å². The van der Waals surface area contributed by atoms with Crippen LogP contribution in [-0.2, 0) is 0 Å². The summed E-state index contributed by atoms with van der Waals surface area (Å²) in [4.78, 5) is 19.7. The van der Waals surface area contributed by atoms with Gasteiger partial charge in [0.2, 0.25) is 0 Å². The van der Waals surface area contributed by atoms with Crippen molar-refractivity contribution in [1.29, 1.82) is 0 Å². The molecule has 0 aliphatic carbocycles. The lowest BCUT2D eigenvalue weighted by Crippen LogP contribution is -2.46. The van der Waals surface area contributed by atoms with E-state index in [2.05, 4.69) is 34.1 Å². The van der Waals surface area contributed by atoms with Gasteiger partial charge in [0.15, 0.2) is 0 Å². The minimum atomic E-state index is -0.294. The third-order valence-electron chi connectivity index (χ3n) is 6.20. The van der Waals surface area contributed by atoms with Gasteiger partial charge in [0.1, 0.15) is 11.5 Å². The normalized spacial score (nSPS) is 23.8. The van der Waals surface area contributed by atoms with Crippen LogP contribution in [0, 0.1) is 5.82 Å². The van der Waals surface area contributed by atoms with Crippen LogP contribution in [0.3, 0.4) is 0 Å². The molecule has 142 valence electrons. The molecule has 1 amide bonds. The van der Waals surface area contributed by atoms with Gasteiger partial charge in [-0.2, -0.15) is 0 Å². The molecule has 3 atom stereocenters. The van der Waals surface area contributed by atoms with Crippen LogP contribution in [0.2, 0.25) is 0 Å². The summed E-state index contributed by atoms with van der Waals surface area (Å²) in [5.41, 5.74) is 2.67. The summed E-state index contributed by atoms with van der Waals surface area (Å²) in [7, 11) is 0. The Labute approximate surface area is 163 Å². The monoisotopic (exact) mass is 375 g/mol. The van der Waals surface area contributed by atoms with Crippen LogP contribution in [0.1, 0.15) is 47.7 Å². The highest BCUT2D eigenvalue weighted by atomic mass is 19.1. The molecule has 2 aliphatic rings. The molecule has 5 heteroatoms. The van der Waals surface area contributed by atoms with Gasteiger partial charge in [-0.3, -0.25) is 9.36 Å². The average Bonchev–Trinajstić information content (AvgIpc) is 3.31. The molecule has 0 spiro atoms. The van der Waals surface area contributed by atoms with Crippen molar-refractivity contribution in [3.05, 3.63) is 84.2 Å². The second-order valence-electron chi connectivity index (χ2n) is 7.80. The van der Waals surface area contributed by atoms with Gasteiger partial charge >= 0.3 is 0 Å². The summed E-state index contributed by atoms with van der Waals surface area (Å²) < 4.78 is 15.0. The number of imidazole rings is 1. The fraction of sp³-hybridized carbons (Fsp3) is 0.304. The number of hydrogen-bond donors (Lipinski definition) is 0.